The van der Waals surface area contributed by atoms with Crippen molar-refractivity contribution < 1.29 is 13.6 Å². The van der Waals surface area contributed by atoms with E-state index in [9.17, 15) is 13.6 Å². The summed E-state index contributed by atoms with van der Waals surface area (Å²) in [5, 5.41) is 7.10. The highest BCUT2D eigenvalue weighted by Gasteiger charge is 2.15. The lowest BCUT2D eigenvalue weighted by atomic mass is 10.1. The van der Waals surface area contributed by atoms with E-state index in [4.69, 9.17) is 11.6 Å². The third kappa shape index (κ3) is 4.72. The van der Waals surface area contributed by atoms with Gasteiger partial charge >= 0.3 is 0 Å². The SMILES string of the molecule is CCn1nc(-c2ccc(Cl)c(F)c2)nc1CC(=O)NCc1cc(C)cc(F)c1. The fourth-order valence-electron chi connectivity index (χ4n) is 2.84. The number of rotatable bonds is 6. The molecule has 0 spiro atoms. The van der Waals surface area contributed by atoms with Crippen LogP contribution < -0.4 is 5.32 Å². The van der Waals surface area contributed by atoms with Crippen molar-refractivity contribution in [3.05, 3.63) is 70.0 Å². The van der Waals surface area contributed by atoms with Crippen LogP contribution in [-0.4, -0.2) is 20.7 Å². The molecule has 1 heterocycles. The number of nitrogens with zero attached hydrogens (tertiary/aromatic N) is 3. The Balaban J connectivity index is 1.71. The van der Waals surface area contributed by atoms with E-state index in [0.717, 1.165) is 5.56 Å². The average molecular weight is 405 g/mol. The van der Waals surface area contributed by atoms with Gasteiger partial charge in [0.25, 0.3) is 0 Å². The topological polar surface area (TPSA) is 59.8 Å². The van der Waals surface area contributed by atoms with Crippen LogP contribution in [0.3, 0.4) is 0 Å². The van der Waals surface area contributed by atoms with Gasteiger partial charge in [-0.2, -0.15) is 5.10 Å². The number of hydrogen-bond donors (Lipinski definition) is 1. The number of nitrogens with one attached hydrogen (secondary N) is 1. The highest BCUT2D eigenvalue weighted by molar-refractivity contribution is 6.30. The van der Waals surface area contributed by atoms with Crippen LogP contribution in [-0.2, 0) is 24.3 Å². The van der Waals surface area contributed by atoms with Gasteiger partial charge in [-0.1, -0.05) is 17.7 Å². The smallest absolute Gasteiger partial charge is 0.227 e. The van der Waals surface area contributed by atoms with Crippen molar-refractivity contribution in [2.75, 3.05) is 0 Å². The van der Waals surface area contributed by atoms with Gasteiger partial charge < -0.3 is 5.32 Å². The highest BCUT2D eigenvalue weighted by Crippen LogP contribution is 2.22. The van der Waals surface area contributed by atoms with Gasteiger partial charge in [-0.25, -0.2) is 18.4 Å². The van der Waals surface area contributed by atoms with E-state index in [1.807, 2.05) is 13.0 Å². The summed E-state index contributed by atoms with van der Waals surface area (Å²) < 4.78 is 28.7. The number of carbonyl (C=O) groups excluding carboxylic acids is 1. The van der Waals surface area contributed by atoms with Gasteiger partial charge in [-0.05, 0) is 55.3 Å². The lowest BCUT2D eigenvalue weighted by molar-refractivity contribution is -0.120. The standard InChI is InChI=1S/C20H19ClF2N4O/c1-3-27-18(25-20(26-27)14-4-5-16(21)17(23)9-14)10-19(28)24-11-13-6-12(2)7-15(22)8-13/h4-9H,3,10-11H2,1-2H3,(H,24,28). The molecule has 0 fully saturated rings. The number of amides is 1. The summed E-state index contributed by atoms with van der Waals surface area (Å²) >= 11 is 5.71. The van der Waals surface area contributed by atoms with Gasteiger partial charge in [0.05, 0.1) is 11.4 Å². The van der Waals surface area contributed by atoms with Crippen molar-refractivity contribution in [3.8, 4) is 11.4 Å². The van der Waals surface area contributed by atoms with Crippen LogP contribution in [0.25, 0.3) is 11.4 Å². The molecule has 0 atom stereocenters. The van der Waals surface area contributed by atoms with Gasteiger partial charge in [0.2, 0.25) is 5.91 Å². The third-order valence-electron chi connectivity index (χ3n) is 4.14. The lowest BCUT2D eigenvalue weighted by Gasteiger charge is -2.07. The monoisotopic (exact) mass is 404 g/mol. The Hall–Kier alpha value is -2.80. The Morgan fingerprint density at radius 3 is 2.68 bits per heavy atom. The van der Waals surface area contributed by atoms with E-state index >= 15 is 0 Å². The molecule has 1 N–H and O–H groups in total. The van der Waals surface area contributed by atoms with Crippen LogP contribution in [0.1, 0.15) is 23.9 Å². The van der Waals surface area contributed by atoms with Crippen molar-refractivity contribution in [1.82, 2.24) is 20.1 Å². The second-order valence-electron chi connectivity index (χ2n) is 6.39. The summed E-state index contributed by atoms with van der Waals surface area (Å²) in [6.07, 6.45) is 0.00517. The molecule has 3 rings (SSSR count). The Bertz CT molecular complexity index is 999. The second kappa shape index (κ2) is 8.48. The first-order chi connectivity index (χ1) is 13.4. The zero-order chi connectivity index (χ0) is 20.3. The number of hydrogen-bond acceptors (Lipinski definition) is 3. The first-order valence-corrected chi connectivity index (χ1v) is 9.15. The van der Waals surface area contributed by atoms with Gasteiger partial charge in [0, 0.05) is 18.7 Å². The zero-order valence-corrected chi connectivity index (χ0v) is 16.2. The zero-order valence-electron chi connectivity index (χ0n) is 15.5. The van der Waals surface area contributed by atoms with Crippen LogP contribution >= 0.6 is 11.6 Å². The molecule has 0 unspecified atom stereocenters. The number of aromatic nitrogens is 3. The predicted molar refractivity (Wildman–Crippen MR) is 103 cm³/mol. The maximum atomic E-state index is 13.7. The van der Waals surface area contributed by atoms with E-state index in [0.29, 0.717) is 29.3 Å². The Morgan fingerprint density at radius 2 is 2.00 bits per heavy atom. The quantitative estimate of drug-likeness (QED) is 0.673. The van der Waals surface area contributed by atoms with E-state index in [1.54, 1.807) is 17.7 Å². The molecule has 0 saturated carbocycles. The molecular formula is C20H19ClF2N4O. The summed E-state index contributed by atoms with van der Waals surface area (Å²) in [6.45, 7) is 4.39. The molecule has 1 amide bonds. The van der Waals surface area contributed by atoms with Gasteiger partial charge in [0.1, 0.15) is 17.5 Å². The van der Waals surface area contributed by atoms with Crippen LogP contribution in [0.2, 0.25) is 5.02 Å². The minimum Gasteiger partial charge on any atom is -0.352 e. The number of aryl methyl sites for hydroxylation is 2. The van der Waals surface area contributed by atoms with Gasteiger partial charge in [0.15, 0.2) is 5.82 Å². The molecule has 8 heteroatoms. The second-order valence-corrected chi connectivity index (χ2v) is 6.79. The third-order valence-corrected chi connectivity index (χ3v) is 4.44. The summed E-state index contributed by atoms with van der Waals surface area (Å²) in [6, 6.07) is 8.94. The normalized spacial score (nSPS) is 10.9. The molecule has 0 aliphatic heterocycles. The van der Waals surface area contributed by atoms with E-state index in [2.05, 4.69) is 15.4 Å². The Labute approximate surface area is 166 Å². The molecule has 0 saturated heterocycles. The molecule has 0 aliphatic carbocycles. The van der Waals surface area contributed by atoms with Crippen molar-refractivity contribution in [2.24, 2.45) is 0 Å². The highest BCUT2D eigenvalue weighted by atomic mass is 35.5. The lowest BCUT2D eigenvalue weighted by Crippen LogP contribution is -2.26. The number of carbonyl (C=O) groups is 1. The van der Waals surface area contributed by atoms with Gasteiger partial charge in [-0.3, -0.25) is 4.79 Å². The molecule has 5 nitrogen and oxygen atoms in total. The van der Waals surface area contributed by atoms with Crippen molar-refractivity contribution in [2.45, 2.75) is 33.4 Å². The van der Waals surface area contributed by atoms with Crippen LogP contribution in [0.4, 0.5) is 8.78 Å². The fraction of sp³-hybridized carbons (Fsp3) is 0.250. The minimum atomic E-state index is -0.559. The molecule has 0 radical (unpaired) electrons. The molecule has 2 aromatic carbocycles. The maximum absolute atomic E-state index is 13.7. The van der Waals surface area contributed by atoms with Crippen LogP contribution in [0.5, 0.6) is 0 Å². The molecular weight excluding hydrogens is 386 g/mol. The summed E-state index contributed by atoms with van der Waals surface area (Å²) in [5.74, 6) is -0.383. The molecule has 1 aromatic heterocycles. The Morgan fingerprint density at radius 1 is 1.21 bits per heavy atom. The number of benzene rings is 2. The fourth-order valence-corrected chi connectivity index (χ4v) is 2.95. The average Bonchev–Trinajstić information content (AvgIpc) is 3.04. The molecule has 0 bridgehead atoms. The molecule has 146 valence electrons. The largest absolute Gasteiger partial charge is 0.352 e. The van der Waals surface area contributed by atoms with Crippen LogP contribution in [0.15, 0.2) is 36.4 Å². The van der Waals surface area contributed by atoms with Gasteiger partial charge in [-0.15, -0.1) is 0 Å². The summed E-state index contributed by atoms with van der Waals surface area (Å²) in [7, 11) is 0. The number of halogens is 3. The van der Waals surface area contributed by atoms with Crippen molar-refractivity contribution in [3.63, 3.8) is 0 Å². The first-order valence-electron chi connectivity index (χ1n) is 8.77. The summed E-state index contributed by atoms with van der Waals surface area (Å²) in [5.41, 5.74) is 1.95. The molecule has 28 heavy (non-hydrogen) atoms. The van der Waals surface area contributed by atoms with Crippen molar-refractivity contribution >= 4 is 17.5 Å². The molecule has 0 aliphatic rings. The summed E-state index contributed by atoms with van der Waals surface area (Å²) in [4.78, 5) is 16.7. The van der Waals surface area contributed by atoms with E-state index in [1.165, 1.54) is 24.3 Å². The maximum Gasteiger partial charge on any atom is 0.227 e. The van der Waals surface area contributed by atoms with Crippen LogP contribution in [0, 0.1) is 18.6 Å². The first kappa shape index (κ1) is 19.9. The Kier molecular flexibility index (Phi) is 6.04. The minimum absolute atomic E-state index is 0.00517. The van der Waals surface area contributed by atoms with E-state index in [-0.39, 0.29) is 29.7 Å². The van der Waals surface area contributed by atoms with Crippen molar-refractivity contribution in [1.29, 1.82) is 0 Å². The van der Waals surface area contributed by atoms with E-state index < -0.39 is 5.82 Å². The predicted octanol–water partition coefficient (Wildman–Crippen LogP) is 4.06. The molecule has 3 aromatic rings.